The number of nitrogens with one attached hydrogen (secondary N) is 2. The van der Waals surface area contributed by atoms with E-state index >= 15 is 0 Å². The van der Waals surface area contributed by atoms with Crippen molar-refractivity contribution in [1.82, 2.24) is 25.1 Å². The molecule has 0 aliphatic carbocycles. The van der Waals surface area contributed by atoms with Crippen LogP contribution in [0.3, 0.4) is 0 Å². The number of hydrogen-bond acceptors (Lipinski definition) is 3. The Morgan fingerprint density at radius 1 is 1.24 bits per heavy atom. The van der Waals surface area contributed by atoms with E-state index in [4.69, 9.17) is 0 Å². The van der Waals surface area contributed by atoms with Crippen molar-refractivity contribution >= 4 is 5.91 Å². The first-order valence-electron chi connectivity index (χ1n) is 8.41. The topological polar surface area (TPSA) is 75.6 Å². The fraction of sp³-hybridized carbons (Fsp3) is 0.316. The van der Waals surface area contributed by atoms with Crippen LogP contribution in [0.4, 0.5) is 0 Å². The Labute approximate surface area is 147 Å². The van der Waals surface area contributed by atoms with Crippen LogP contribution in [0.25, 0.3) is 11.3 Å². The molecule has 3 aromatic rings. The quantitative estimate of drug-likeness (QED) is 0.679. The molecule has 0 unspecified atom stereocenters. The van der Waals surface area contributed by atoms with Crippen LogP contribution in [0.5, 0.6) is 0 Å². The van der Waals surface area contributed by atoms with Crippen molar-refractivity contribution in [2.75, 3.05) is 6.54 Å². The first kappa shape index (κ1) is 17.0. The summed E-state index contributed by atoms with van der Waals surface area (Å²) in [5.74, 6) is -0.0443. The maximum absolute atomic E-state index is 12.3. The standard InChI is InChI=1S/C19H23N5O/c1-13-17(14(2)23-22-13)5-4-10-21-19(25)16-8-6-15(7-9-16)18-11-20-12-24(18)3/h6-9,11-12H,4-5,10H2,1-3H3,(H,21,25)(H,22,23). The fourth-order valence-electron chi connectivity index (χ4n) is 2.94. The summed E-state index contributed by atoms with van der Waals surface area (Å²) in [4.78, 5) is 16.4. The molecule has 6 heteroatoms. The van der Waals surface area contributed by atoms with Crippen molar-refractivity contribution in [3.63, 3.8) is 0 Å². The summed E-state index contributed by atoms with van der Waals surface area (Å²) in [5, 5.41) is 10.2. The Kier molecular flexibility index (Phi) is 4.97. The average molecular weight is 337 g/mol. The molecule has 1 aromatic carbocycles. The van der Waals surface area contributed by atoms with E-state index in [9.17, 15) is 4.79 Å². The van der Waals surface area contributed by atoms with Gasteiger partial charge in [-0.3, -0.25) is 9.89 Å². The molecule has 130 valence electrons. The lowest BCUT2D eigenvalue weighted by molar-refractivity contribution is 0.0953. The zero-order valence-electron chi connectivity index (χ0n) is 14.8. The van der Waals surface area contributed by atoms with Crippen molar-refractivity contribution in [2.24, 2.45) is 7.05 Å². The molecule has 0 bridgehead atoms. The van der Waals surface area contributed by atoms with Gasteiger partial charge in [-0.25, -0.2) is 4.98 Å². The van der Waals surface area contributed by atoms with Crippen LogP contribution in [0.1, 0.15) is 33.7 Å². The Hall–Kier alpha value is -2.89. The van der Waals surface area contributed by atoms with Gasteiger partial charge >= 0.3 is 0 Å². The Bertz CT molecular complexity index is 841. The zero-order chi connectivity index (χ0) is 17.8. The first-order valence-corrected chi connectivity index (χ1v) is 8.41. The average Bonchev–Trinajstić information content (AvgIpc) is 3.18. The lowest BCUT2D eigenvalue weighted by Crippen LogP contribution is -2.24. The molecule has 0 atom stereocenters. The Morgan fingerprint density at radius 2 is 2.00 bits per heavy atom. The molecule has 25 heavy (non-hydrogen) atoms. The minimum Gasteiger partial charge on any atom is -0.352 e. The van der Waals surface area contributed by atoms with E-state index in [0.29, 0.717) is 12.1 Å². The number of benzene rings is 1. The lowest BCUT2D eigenvalue weighted by Gasteiger charge is -2.07. The van der Waals surface area contributed by atoms with E-state index in [2.05, 4.69) is 20.5 Å². The predicted octanol–water partition coefficient (Wildman–Crippen LogP) is 2.79. The number of carbonyl (C=O) groups excluding carboxylic acids is 1. The Balaban J connectivity index is 1.52. The second-order valence-electron chi connectivity index (χ2n) is 6.24. The zero-order valence-corrected chi connectivity index (χ0v) is 14.8. The van der Waals surface area contributed by atoms with Gasteiger partial charge < -0.3 is 9.88 Å². The van der Waals surface area contributed by atoms with E-state index in [1.54, 1.807) is 6.33 Å². The van der Waals surface area contributed by atoms with Crippen molar-refractivity contribution in [3.8, 4) is 11.3 Å². The second-order valence-corrected chi connectivity index (χ2v) is 6.24. The SMILES string of the molecule is Cc1n[nH]c(C)c1CCCNC(=O)c1ccc(-c2cncn2C)cc1. The predicted molar refractivity (Wildman–Crippen MR) is 97.4 cm³/mol. The molecule has 2 N–H and O–H groups in total. The number of nitrogens with zero attached hydrogens (tertiary/aromatic N) is 3. The summed E-state index contributed by atoms with van der Waals surface area (Å²) < 4.78 is 1.95. The van der Waals surface area contributed by atoms with Crippen LogP contribution >= 0.6 is 0 Å². The molecule has 3 rings (SSSR count). The molecule has 6 nitrogen and oxygen atoms in total. The van der Waals surface area contributed by atoms with Crippen molar-refractivity contribution in [1.29, 1.82) is 0 Å². The molecule has 2 heterocycles. The molecular formula is C19H23N5O. The van der Waals surface area contributed by atoms with Gasteiger partial charge in [-0.15, -0.1) is 0 Å². The van der Waals surface area contributed by atoms with Gasteiger partial charge in [0.15, 0.2) is 0 Å². The van der Waals surface area contributed by atoms with E-state index < -0.39 is 0 Å². The highest BCUT2D eigenvalue weighted by Crippen LogP contribution is 2.18. The molecule has 0 spiro atoms. The maximum Gasteiger partial charge on any atom is 0.251 e. The number of rotatable bonds is 6. The highest BCUT2D eigenvalue weighted by atomic mass is 16.1. The third kappa shape index (κ3) is 3.79. The van der Waals surface area contributed by atoms with Crippen LogP contribution in [-0.4, -0.2) is 32.2 Å². The van der Waals surface area contributed by atoms with Gasteiger partial charge in [-0.2, -0.15) is 5.10 Å². The molecular weight excluding hydrogens is 314 g/mol. The van der Waals surface area contributed by atoms with Gasteiger partial charge in [0.05, 0.1) is 23.9 Å². The summed E-state index contributed by atoms with van der Waals surface area (Å²) in [5.41, 5.74) is 6.13. The summed E-state index contributed by atoms with van der Waals surface area (Å²) >= 11 is 0. The first-order chi connectivity index (χ1) is 12.1. The number of carbonyl (C=O) groups is 1. The monoisotopic (exact) mass is 337 g/mol. The minimum atomic E-state index is -0.0443. The summed E-state index contributed by atoms with van der Waals surface area (Å²) in [6, 6.07) is 7.60. The number of hydrogen-bond donors (Lipinski definition) is 2. The van der Waals surface area contributed by atoms with Crippen LogP contribution in [0.2, 0.25) is 0 Å². The van der Waals surface area contributed by atoms with Crippen LogP contribution < -0.4 is 5.32 Å². The highest BCUT2D eigenvalue weighted by molar-refractivity contribution is 5.94. The third-order valence-corrected chi connectivity index (χ3v) is 4.43. The van der Waals surface area contributed by atoms with E-state index in [1.165, 1.54) is 5.56 Å². The van der Waals surface area contributed by atoms with Crippen molar-refractivity contribution < 1.29 is 4.79 Å². The summed E-state index contributed by atoms with van der Waals surface area (Å²) in [6.07, 6.45) is 5.38. The number of aromatic amines is 1. The molecule has 0 aliphatic heterocycles. The molecule has 0 saturated carbocycles. The van der Waals surface area contributed by atoms with Crippen molar-refractivity contribution in [2.45, 2.75) is 26.7 Å². The molecule has 0 radical (unpaired) electrons. The van der Waals surface area contributed by atoms with Crippen LogP contribution in [0, 0.1) is 13.8 Å². The van der Waals surface area contributed by atoms with E-state index in [1.807, 2.05) is 55.9 Å². The van der Waals surface area contributed by atoms with Gasteiger partial charge in [0, 0.05) is 24.8 Å². The maximum atomic E-state index is 12.3. The lowest BCUT2D eigenvalue weighted by atomic mass is 10.1. The van der Waals surface area contributed by atoms with Gasteiger partial charge in [0.2, 0.25) is 0 Å². The number of H-pyrrole nitrogens is 1. The largest absolute Gasteiger partial charge is 0.352 e. The van der Waals surface area contributed by atoms with Gasteiger partial charge in [0.1, 0.15) is 0 Å². The highest BCUT2D eigenvalue weighted by Gasteiger charge is 2.09. The molecule has 0 saturated heterocycles. The normalized spacial score (nSPS) is 10.8. The van der Waals surface area contributed by atoms with Gasteiger partial charge in [-0.05, 0) is 49.9 Å². The Morgan fingerprint density at radius 3 is 2.60 bits per heavy atom. The van der Waals surface area contributed by atoms with Crippen molar-refractivity contribution in [3.05, 3.63) is 59.3 Å². The molecule has 2 aromatic heterocycles. The summed E-state index contributed by atoms with van der Waals surface area (Å²) in [6.45, 7) is 4.67. The number of imidazole rings is 1. The molecule has 0 fully saturated rings. The summed E-state index contributed by atoms with van der Waals surface area (Å²) in [7, 11) is 1.95. The van der Waals surface area contributed by atoms with Gasteiger partial charge in [-0.1, -0.05) is 12.1 Å². The third-order valence-electron chi connectivity index (χ3n) is 4.43. The molecule has 0 aliphatic rings. The number of aryl methyl sites for hydroxylation is 3. The number of aromatic nitrogens is 4. The van der Waals surface area contributed by atoms with Crippen LogP contribution in [-0.2, 0) is 13.5 Å². The van der Waals surface area contributed by atoms with Crippen LogP contribution in [0.15, 0.2) is 36.8 Å². The molecule has 1 amide bonds. The second kappa shape index (κ2) is 7.34. The smallest absolute Gasteiger partial charge is 0.251 e. The fourth-order valence-corrected chi connectivity index (χ4v) is 2.94. The van der Waals surface area contributed by atoms with E-state index in [0.717, 1.165) is 35.5 Å². The number of amides is 1. The van der Waals surface area contributed by atoms with E-state index in [-0.39, 0.29) is 5.91 Å². The van der Waals surface area contributed by atoms with Gasteiger partial charge in [0.25, 0.3) is 5.91 Å². The minimum absolute atomic E-state index is 0.0443.